The van der Waals surface area contributed by atoms with Gasteiger partial charge in [0.25, 0.3) is 0 Å². The quantitative estimate of drug-likeness (QED) is 0.865. The molecular formula is C17H19NO3. The summed E-state index contributed by atoms with van der Waals surface area (Å²) in [5.74, 6) is 0.659. The largest absolute Gasteiger partial charge is 0.496 e. The van der Waals surface area contributed by atoms with Gasteiger partial charge in [-0.05, 0) is 37.1 Å². The van der Waals surface area contributed by atoms with Gasteiger partial charge < -0.3 is 9.57 Å². The molecular weight excluding hydrogens is 266 g/mol. The molecule has 4 nitrogen and oxygen atoms in total. The summed E-state index contributed by atoms with van der Waals surface area (Å²) in [5, 5.41) is 0. The number of rotatable bonds is 4. The number of aromatic nitrogens is 1. The first-order valence-electron chi connectivity index (χ1n) is 7.32. The van der Waals surface area contributed by atoms with Crippen molar-refractivity contribution in [2.75, 3.05) is 7.11 Å². The number of carbonyl (C=O) groups is 1. The van der Waals surface area contributed by atoms with Gasteiger partial charge in [0, 0.05) is 11.8 Å². The Hall–Kier alpha value is -2.23. The molecule has 4 heteroatoms. The fourth-order valence-corrected chi connectivity index (χ4v) is 2.84. The second-order valence-electron chi connectivity index (χ2n) is 5.31. The van der Waals surface area contributed by atoms with Gasteiger partial charge in [0.1, 0.15) is 5.75 Å². The van der Waals surface area contributed by atoms with Gasteiger partial charge in [-0.25, -0.2) is 4.79 Å². The predicted molar refractivity (Wildman–Crippen MR) is 80.0 cm³/mol. The Morgan fingerprint density at radius 1 is 1.14 bits per heavy atom. The van der Waals surface area contributed by atoms with Crippen LogP contribution < -0.4 is 9.57 Å². The lowest BCUT2D eigenvalue weighted by atomic mass is 10.1. The summed E-state index contributed by atoms with van der Waals surface area (Å²) in [5.41, 5.74) is 1.73. The normalized spacial score (nSPS) is 15.1. The topological polar surface area (TPSA) is 40.5 Å². The first-order valence-corrected chi connectivity index (χ1v) is 7.32. The number of nitrogens with zero attached hydrogens (tertiary/aromatic N) is 1. The Labute approximate surface area is 124 Å². The third-order valence-corrected chi connectivity index (χ3v) is 3.97. The highest BCUT2D eigenvalue weighted by Gasteiger charge is 2.25. The minimum atomic E-state index is -0.139. The number of hydrogen-bond donors (Lipinski definition) is 0. The zero-order valence-corrected chi connectivity index (χ0v) is 12.1. The van der Waals surface area contributed by atoms with Crippen molar-refractivity contribution in [1.29, 1.82) is 0 Å². The van der Waals surface area contributed by atoms with Crippen molar-refractivity contribution in [3.63, 3.8) is 0 Å². The molecule has 1 fully saturated rings. The lowest BCUT2D eigenvalue weighted by Gasteiger charge is -2.14. The minimum Gasteiger partial charge on any atom is -0.496 e. The van der Waals surface area contributed by atoms with Crippen LogP contribution in [-0.2, 0) is 4.79 Å². The Kier molecular flexibility index (Phi) is 3.95. The summed E-state index contributed by atoms with van der Waals surface area (Å²) in [7, 11) is 1.64. The minimum absolute atomic E-state index is 0.0397. The molecule has 1 aromatic carbocycles. The Balaban J connectivity index is 1.85. The second kappa shape index (κ2) is 6.04. The van der Waals surface area contributed by atoms with Crippen LogP contribution in [0.15, 0.2) is 42.6 Å². The third-order valence-electron chi connectivity index (χ3n) is 3.97. The molecule has 1 heterocycles. The molecule has 1 aromatic heterocycles. The monoisotopic (exact) mass is 285 g/mol. The van der Waals surface area contributed by atoms with Gasteiger partial charge in [-0.2, -0.15) is 4.73 Å². The molecule has 1 aliphatic carbocycles. The van der Waals surface area contributed by atoms with Gasteiger partial charge in [-0.3, -0.25) is 0 Å². The van der Waals surface area contributed by atoms with Gasteiger partial charge in [-0.1, -0.05) is 25.0 Å². The van der Waals surface area contributed by atoms with Crippen molar-refractivity contribution in [2.24, 2.45) is 5.92 Å². The Bertz CT molecular complexity index is 626. The maximum Gasteiger partial charge on any atom is 0.335 e. The lowest BCUT2D eigenvalue weighted by Crippen LogP contribution is -2.25. The summed E-state index contributed by atoms with van der Waals surface area (Å²) < 4.78 is 6.92. The van der Waals surface area contributed by atoms with Crippen molar-refractivity contribution >= 4 is 5.97 Å². The molecule has 110 valence electrons. The molecule has 1 saturated carbocycles. The van der Waals surface area contributed by atoms with Gasteiger partial charge in [-0.15, -0.1) is 0 Å². The van der Waals surface area contributed by atoms with Crippen LogP contribution in [0.3, 0.4) is 0 Å². The van der Waals surface area contributed by atoms with Crippen LogP contribution in [0.1, 0.15) is 25.7 Å². The van der Waals surface area contributed by atoms with Crippen LogP contribution in [0.2, 0.25) is 0 Å². The molecule has 0 bridgehead atoms. The maximum atomic E-state index is 12.2. The zero-order chi connectivity index (χ0) is 14.7. The van der Waals surface area contributed by atoms with E-state index in [1.807, 2.05) is 36.4 Å². The van der Waals surface area contributed by atoms with E-state index in [1.54, 1.807) is 18.0 Å². The van der Waals surface area contributed by atoms with Gasteiger partial charge in [0.05, 0.1) is 18.7 Å². The summed E-state index contributed by atoms with van der Waals surface area (Å²) in [6, 6.07) is 11.5. The zero-order valence-electron chi connectivity index (χ0n) is 12.1. The van der Waals surface area contributed by atoms with Crippen molar-refractivity contribution in [3.05, 3.63) is 42.6 Å². The maximum absolute atomic E-state index is 12.2. The van der Waals surface area contributed by atoms with Crippen LogP contribution in [0, 0.1) is 5.92 Å². The van der Waals surface area contributed by atoms with Crippen molar-refractivity contribution < 1.29 is 14.4 Å². The average molecular weight is 285 g/mol. The van der Waals surface area contributed by atoms with Crippen LogP contribution >= 0.6 is 0 Å². The van der Waals surface area contributed by atoms with E-state index >= 15 is 0 Å². The van der Waals surface area contributed by atoms with E-state index in [9.17, 15) is 4.79 Å². The van der Waals surface area contributed by atoms with E-state index in [2.05, 4.69) is 0 Å². The number of carbonyl (C=O) groups excluding carboxylic acids is 1. The number of ether oxygens (including phenoxy) is 1. The molecule has 0 radical (unpaired) electrons. The van der Waals surface area contributed by atoms with E-state index in [0.717, 1.165) is 42.7 Å². The predicted octanol–water partition coefficient (Wildman–Crippen LogP) is 3.31. The molecule has 0 N–H and O–H groups in total. The Morgan fingerprint density at radius 2 is 1.90 bits per heavy atom. The molecule has 0 saturated heterocycles. The summed E-state index contributed by atoms with van der Waals surface area (Å²) in [4.78, 5) is 17.7. The summed E-state index contributed by atoms with van der Waals surface area (Å²) >= 11 is 0. The fraction of sp³-hybridized carbons (Fsp3) is 0.353. The van der Waals surface area contributed by atoms with Crippen molar-refractivity contribution in [2.45, 2.75) is 25.7 Å². The summed E-state index contributed by atoms with van der Waals surface area (Å²) in [6.07, 6.45) is 5.86. The van der Waals surface area contributed by atoms with Gasteiger partial charge in [0.15, 0.2) is 0 Å². The molecule has 0 unspecified atom stereocenters. The van der Waals surface area contributed by atoms with Crippen LogP contribution in [0.5, 0.6) is 5.75 Å². The average Bonchev–Trinajstić information content (AvgIpc) is 3.18. The fourth-order valence-electron chi connectivity index (χ4n) is 2.84. The highest BCUT2D eigenvalue weighted by Crippen LogP contribution is 2.30. The van der Waals surface area contributed by atoms with Crippen molar-refractivity contribution in [1.82, 2.24) is 4.73 Å². The van der Waals surface area contributed by atoms with E-state index in [4.69, 9.17) is 9.57 Å². The molecule has 0 amide bonds. The van der Waals surface area contributed by atoms with Crippen LogP contribution in [0.4, 0.5) is 0 Å². The van der Waals surface area contributed by atoms with Crippen molar-refractivity contribution in [3.8, 4) is 17.0 Å². The number of para-hydroxylation sites is 1. The SMILES string of the molecule is COc1ccccc1-c1cccn1OC(=O)C1CCCC1. The molecule has 2 aromatic rings. The van der Waals surface area contributed by atoms with E-state index < -0.39 is 0 Å². The van der Waals surface area contributed by atoms with E-state index in [0.29, 0.717) is 0 Å². The lowest BCUT2D eigenvalue weighted by molar-refractivity contribution is -0.148. The smallest absolute Gasteiger partial charge is 0.335 e. The second-order valence-corrected chi connectivity index (χ2v) is 5.31. The van der Waals surface area contributed by atoms with E-state index in [-0.39, 0.29) is 11.9 Å². The number of methoxy groups -OCH3 is 1. The number of hydrogen-bond acceptors (Lipinski definition) is 3. The van der Waals surface area contributed by atoms with E-state index in [1.165, 1.54) is 0 Å². The van der Waals surface area contributed by atoms with Gasteiger partial charge >= 0.3 is 5.97 Å². The molecule has 1 aliphatic rings. The molecule has 0 atom stereocenters. The molecule has 0 aliphatic heterocycles. The van der Waals surface area contributed by atoms with Crippen LogP contribution in [-0.4, -0.2) is 17.8 Å². The van der Waals surface area contributed by atoms with Crippen LogP contribution in [0.25, 0.3) is 11.3 Å². The standard InChI is InChI=1S/C17H19NO3/c1-20-16-11-5-4-9-14(16)15-10-6-12-18(15)21-17(19)13-7-2-3-8-13/h4-6,9-13H,2-3,7-8H2,1H3. The highest BCUT2D eigenvalue weighted by atomic mass is 16.7. The Morgan fingerprint density at radius 3 is 2.67 bits per heavy atom. The first-order chi connectivity index (χ1) is 10.3. The van der Waals surface area contributed by atoms with Gasteiger partial charge in [0.2, 0.25) is 0 Å². The molecule has 21 heavy (non-hydrogen) atoms. The number of benzene rings is 1. The first kappa shape index (κ1) is 13.7. The molecule has 0 spiro atoms. The summed E-state index contributed by atoms with van der Waals surface area (Å²) in [6.45, 7) is 0. The molecule has 3 rings (SSSR count). The highest BCUT2D eigenvalue weighted by molar-refractivity contribution is 5.74. The third kappa shape index (κ3) is 2.79.